The maximum Gasteiger partial charge on any atom is 0.274 e. The summed E-state index contributed by atoms with van der Waals surface area (Å²) < 4.78 is 7.34. The Bertz CT molecular complexity index is 1060. The van der Waals surface area contributed by atoms with Crippen LogP contribution in [0.3, 0.4) is 0 Å². The van der Waals surface area contributed by atoms with Gasteiger partial charge in [0.05, 0.1) is 18.0 Å². The Morgan fingerprint density at radius 1 is 1.12 bits per heavy atom. The molecule has 172 valence electrons. The van der Waals surface area contributed by atoms with Gasteiger partial charge in [-0.2, -0.15) is 5.10 Å². The average Bonchev–Trinajstić information content (AvgIpc) is 3.28. The van der Waals surface area contributed by atoms with Crippen molar-refractivity contribution in [2.24, 2.45) is 0 Å². The molecule has 2 unspecified atom stereocenters. The second kappa shape index (κ2) is 10.8. The van der Waals surface area contributed by atoms with Crippen LogP contribution in [-0.2, 0) is 11.2 Å². The number of aliphatic hydroxyl groups is 1. The minimum Gasteiger partial charge on any atom is -0.391 e. The SMILES string of the molecule is O=C(Nc1cn(C2CCCCO2)nc1C(=O)NCC(O)Cc1ccccc1)c1ccccn1. The molecule has 9 nitrogen and oxygen atoms in total. The van der Waals surface area contributed by atoms with Crippen LogP contribution in [0.2, 0.25) is 0 Å². The van der Waals surface area contributed by atoms with Gasteiger partial charge in [0.15, 0.2) is 5.69 Å². The van der Waals surface area contributed by atoms with Crippen LogP contribution in [0.4, 0.5) is 5.69 Å². The zero-order valence-electron chi connectivity index (χ0n) is 18.2. The highest BCUT2D eigenvalue weighted by molar-refractivity contribution is 6.07. The number of rotatable bonds is 8. The molecule has 0 radical (unpaired) electrons. The fraction of sp³-hybridized carbons (Fsp3) is 0.333. The van der Waals surface area contributed by atoms with Gasteiger partial charge in [-0.3, -0.25) is 14.6 Å². The van der Waals surface area contributed by atoms with Crippen molar-refractivity contribution in [1.29, 1.82) is 0 Å². The maximum atomic E-state index is 12.9. The van der Waals surface area contributed by atoms with Gasteiger partial charge in [0, 0.05) is 25.8 Å². The number of amides is 2. The normalized spacial score (nSPS) is 16.7. The van der Waals surface area contributed by atoms with E-state index in [2.05, 4.69) is 20.7 Å². The number of nitrogens with zero attached hydrogens (tertiary/aromatic N) is 3. The number of carbonyl (C=O) groups is 2. The quantitative estimate of drug-likeness (QED) is 0.486. The number of hydrogen-bond donors (Lipinski definition) is 3. The van der Waals surface area contributed by atoms with Crippen LogP contribution in [-0.4, -0.2) is 50.9 Å². The number of anilines is 1. The molecular formula is C24H27N5O4. The topological polar surface area (TPSA) is 118 Å². The largest absolute Gasteiger partial charge is 0.391 e. The van der Waals surface area contributed by atoms with Crippen molar-refractivity contribution in [3.05, 3.63) is 77.9 Å². The van der Waals surface area contributed by atoms with E-state index in [1.165, 1.54) is 6.20 Å². The van der Waals surface area contributed by atoms with E-state index in [1.54, 1.807) is 29.1 Å². The standard InChI is InChI=1S/C24H27N5O4/c30-18(14-17-8-2-1-3-9-17)15-26-24(32)22-20(27-23(31)19-10-4-6-12-25-19)16-29(28-22)21-11-5-7-13-33-21/h1-4,6,8-10,12,16,18,21,30H,5,7,11,13-15H2,(H,26,32)(H,27,31). The molecule has 1 aliphatic rings. The molecule has 4 rings (SSSR count). The number of benzene rings is 1. The van der Waals surface area contributed by atoms with E-state index in [1.807, 2.05) is 30.3 Å². The van der Waals surface area contributed by atoms with Gasteiger partial charge in [0.2, 0.25) is 0 Å². The van der Waals surface area contributed by atoms with Crippen LogP contribution in [0.5, 0.6) is 0 Å². The van der Waals surface area contributed by atoms with Crippen LogP contribution in [0.15, 0.2) is 60.9 Å². The van der Waals surface area contributed by atoms with Crippen LogP contribution in [0.1, 0.15) is 52.0 Å². The van der Waals surface area contributed by atoms with Crippen LogP contribution in [0, 0.1) is 0 Å². The first-order chi connectivity index (χ1) is 16.1. The molecule has 1 fully saturated rings. The zero-order valence-corrected chi connectivity index (χ0v) is 18.2. The van der Waals surface area contributed by atoms with Crippen molar-refractivity contribution < 1.29 is 19.4 Å². The van der Waals surface area contributed by atoms with Crippen molar-refractivity contribution in [1.82, 2.24) is 20.1 Å². The minimum atomic E-state index is -0.758. The third-order valence-corrected chi connectivity index (χ3v) is 5.36. The maximum absolute atomic E-state index is 12.9. The molecule has 3 N–H and O–H groups in total. The molecule has 0 saturated carbocycles. The third kappa shape index (κ3) is 6.03. The summed E-state index contributed by atoms with van der Waals surface area (Å²) >= 11 is 0. The molecule has 33 heavy (non-hydrogen) atoms. The number of aromatic nitrogens is 3. The van der Waals surface area contributed by atoms with E-state index in [0.717, 1.165) is 24.8 Å². The molecule has 3 aromatic rings. The first-order valence-electron chi connectivity index (χ1n) is 11.0. The summed E-state index contributed by atoms with van der Waals surface area (Å²) in [7, 11) is 0. The Morgan fingerprint density at radius 2 is 1.94 bits per heavy atom. The van der Waals surface area contributed by atoms with E-state index in [-0.39, 0.29) is 29.8 Å². The van der Waals surface area contributed by atoms with Gasteiger partial charge < -0.3 is 20.5 Å². The number of pyridine rings is 1. The molecule has 2 amide bonds. The molecule has 1 aromatic carbocycles. The number of nitrogens with one attached hydrogen (secondary N) is 2. The molecule has 1 saturated heterocycles. The summed E-state index contributed by atoms with van der Waals surface area (Å²) in [6.45, 7) is 0.668. The van der Waals surface area contributed by atoms with Gasteiger partial charge in [0.1, 0.15) is 11.9 Å². The van der Waals surface area contributed by atoms with Crippen molar-refractivity contribution in [3.63, 3.8) is 0 Å². The molecule has 1 aliphatic heterocycles. The highest BCUT2D eigenvalue weighted by atomic mass is 16.5. The van der Waals surface area contributed by atoms with Crippen LogP contribution < -0.4 is 10.6 Å². The second-order valence-electron chi connectivity index (χ2n) is 7.92. The Hall–Kier alpha value is -3.56. The molecule has 2 aromatic heterocycles. The second-order valence-corrected chi connectivity index (χ2v) is 7.92. The summed E-state index contributed by atoms with van der Waals surface area (Å²) in [6.07, 6.45) is 5.23. The third-order valence-electron chi connectivity index (χ3n) is 5.36. The lowest BCUT2D eigenvalue weighted by Crippen LogP contribution is -2.34. The highest BCUT2D eigenvalue weighted by Gasteiger charge is 2.24. The Morgan fingerprint density at radius 3 is 2.67 bits per heavy atom. The molecule has 0 spiro atoms. The first-order valence-corrected chi connectivity index (χ1v) is 11.0. The Labute approximate surface area is 191 Å². The lowest BCUT2D eigenvalue weighted by molar-refractivity contribution is -0.0395. The molecule has 0 bridgehead atoms. The lowest BCUT2D eigenvalue weighted by atomic mass is 10.1. The number of carbonyl (C=O) groups excluding carboxylic acids is 2. The van der Waals surface area contributed by atoms with Gasteiger partial charge >= 0.3 is 0 Å². The molecule has 3 heterocycles. The summed E-state index contributed by atoms with van der Waals surface area (Å²) in [5.41, 5.74) is 1.51. The smallest absolute Gasteiger partial charge is 0.274 e. The summed E-state index contributed by atoms with van der Waals surface area (Å²) in [5.74, 6) is -0.939. The minimum absolute atomic E-state index is 0.0497. The monoisotopic (exact) mass is 449 g/mol. The van der Waals surface area contributed by atoms with Crippen molar-refractivity contribution in [3.8, 4) is 0 Å². The van der Waals surface area contributed by atoms with Crippen LogP contribution in [0.25, 0.3) is 0 Å². The lowest BCUT2D eigenvalue weighted by Gasteiger charge is -2.22. The fourth-order valence-electron chi connectivity index (χ4n) is 3.67. The van der Waals surface area contributed by atoms with Gasteiger partial charge in [0.25, 0.3) is 11.8 Å². The van der Waals surface area contributed by atoms with Gasteiger partial charge in [-0.1, -0.05) is 36.4 Å². The van der Waals surface area contributed by atoms with Crippen molar-refractivity contribution in [2.45, 2.75) is 38.0 Å². The number of aliphatic hydroxyl groups excluding tert-OH is 1. The fourth-order valence-corrected chi connectivity index (χ4v) is 3.67. The molecule has 2 atom stereocenters. The van der Waals surface area contributed by atoms with Gasteiger partial charge in [-0.15, -0.1) is 0 Å². The van der Waals surface area contributed by atoms with Gasteiger partial charge in [-0.25, -0.2) is 4.68 Å². The zero-order chi connectivity index (χ0) is 23.0. The highest BCUT2D eigenvalue weighted by Crippen LogP contribution is 2.25. The Balaban J connectivity index is 1.47. The predicted molar refractivity (Wildman–Crippen MR) is 122 cm³/mol. The average molecular weight is 450 g/mol. The molecule has 0 aliphatic carbocycles. The summed E-state index contributed by atoms with van der Waals surface area (Å²) in [4.78, 5) is 29.6. The summed E-state index contributed by atoms with van der Waals surface area (Å²) in [5, 5.41) is 20.2. The first kappa shape index (κ1) is 22.6. The van der Waals surface area contributed by atoms with E-state index in [9.17, 15) is 14.7 Å². The van der Waals surface area contributed by atoms with E-state index >= 15 is 0 Å². The number of hydrogen-bond acceptors (Lipinski definition) is 6. The molecular weight excluding hydrogens is 422 g/mol. The van der Waals surface area contributed by atoms with E-state index in [0.29, 0.717) is 13.0 Å². The predicted octanol–water partition coefficient (Wildman–Crippen LogP) is 2.56. The van der Waals surface area contributed by atoms with E-state index in [4.69, 9.17) is 4.74 Å². The van der Waals surface area contributed by atoms with Crippen molar-refractivity contribution >= 4 is 17.5 Å². The van der Waals surface area contributed by atoms with E-state index < -0.39 is 17.9 Å². The summed E-state index contributed by atoms with van der Waals surface area (Å²) in [6, 6.07) is 14.6. The van der Waals surface area contributed by atoms with Crippen LogP contribution >= 0.6 is 0 Å². The van der Waals surface area contributed by atoms with Crippen molar-refractivity contribution in [2.75, 3.05) is 18.5 Å². The van der Waals surface area contributed by atoms with Gasteiger partial charge in [-0.05, 0) is 37.0 Å². The molecule has 9 heteroatoms. The number of ether oxygens (including phenoxy) is 1. The Kier molecular flexibility index (Phi) is 7.43.